The molecular formula is C23H9F14N5O. The summed E-state index contributed by atoms with van der Waals surface area (Å²) in [6, 6.07) is 1.75. The normalized spacial score (nSPS) is 13.0. The quantitative estimate of drug-likeness (QED) is 0.234. The number of anilines is 1. The number of nitrogens with zero attached hydrogens (tertiary/aromatic N) is 4. The monoisotopic (exact) mass is 637 g/mol. The van der Waals surface area contributed by atoms with Crippen molar-refractivity contribution < 1.29 is 66.3 Å². The van der Waals surface area contributed by atoms with Gasteiger partial charge in [-0.2, -0.15) is 62.9 Å². The molecule has 2 aromatic carbocycles. The van der Waals surface area contributed by atoms with Gasteiger partial charge in [0.05, 0.1) is 22.6 Å². The molecule has 0 aliphatic carbocycles. The molecule has 4 aromatic rings. The summed E-state index contributed by atoms with van der Waals surface area (Å²) in [5.74, 6) is -4.16. The van der Waals surface area contributed by atoms with Crippen LogP contribution in [0.25, 0.3) is 11.4 Å². The lowest BCUT2D eigenvalue weighted by Crippen LogP contribution is -2.19. The molecule has 0 atom stereocenters. The van der Waals surface area contributed by atoms with E-state index in [9.17, 15) is 66.3 Å². The van der Waals surface area contributed by atoms with Crippen LogP contribution < -0.4 is 5.32 Å². The first-order chi connectivity index (χ1) is 19.6. The van der Waals surface area contributed by atoms with Gasteiger partial charge in [0.15, 0.2) is 11.4 Å². The number of hydrogen-bond donors (Lipinski definition) is 1. The first-order valence-corrected chi connectivity index (χ1v) is 11.0. The predicted octanol–water partition coefficient (Wildman–Crippen LogP) is 7.66. The van der Waals surface area contributed by atoms with Gasteiger partial charge in [0, 0.05) is 18.2 Å². The molecule has 2 heterocycles. The van der Waals surface area contributed by atoms with Gasteiger partial charge < -0.3 is 5.32 Å². The van der Waals surface area contributed by atoms with Crippen molar-refractivity contribution in [2.45, 2.75) is 24.7 Å². The van der Waals surface area contributed by atoms with E-state index in [0.29, 0.717) is 24.3 Å². The molecule has 0 fully saturated rings. The van der Waals surface area contributed by atoms with Crippen molar-refractivity contribution in [3.63, 3.8) is 0 Å². The fraction of sp³-hybridized carbons (Fsp3) is 0.174. The Kier molecular flexibility index (Phi) is 7.47. The number of rotatable bonds is 4. The summed E-state index contributed by atoms with van der Waals surface area (Å²) in [6.07, 6.45) is -22.1. The van der Waals surface area contributed by atoms with Crippen molar-refractivity contribution in [1.82, 2.24) is 19.6 Å². The van der Waals surface area contributed by atoms with Gasteiger partial charge in [-0.25, -0.2) is 18.1 Å². The first-order valence-electron chi connectivity index (χ1n) is 11.0. The Bertz CT molecular complexity index is 1690. The van der Waals surface area contributed by atoms with Gasteiger partial charge in [-0.05, 0) is 30.3 Å². The zero-order chi connectivity index (χ0) is 32.3. The van der Waals surface area contributed by atoms with Crippen molar-refractivity contribution in [1.29, 1.82) is 0 Å². The van der Waals surface area contributed by atoms with Crippen molar-refractivity contribution in [3.8, 4) is 11.4 Å². The molecule has 0 unspecified atom stereocenters. The molecule has 230 valence electrons. The summed E-state index contributed by atoms with van der Waals surface area (Å²) in [4.78, 5) is 12.6. The maximum Gasteiger partial charge on any atom is 0.435 e. The highest BCUT2D eigenvalue weighted by Gasteiger charge is 2.44. The summed E-state index contributed by atoms with van der Waals surface area (Å²) in [7, 11) is 0. The number of carbonyl (C=O) groups is 1. The minimum atomic E-state index is -5.62. The number of nitrogens with one attached hydrogen (secondary N) is 1. The van der Waals surface area contributed by atoms with E-state index in [4.69, 9.17) is 0 Å². The number of carbonyl (C=O) groups excluding carboxylic acids is 1. The minimum absolute atomic E-state index is 0.224. The fourth-order valence-electron chi connectivity index (χ4n) is 3.62. The van der Waals surface area contributed by atoms with E-state index in [-0.39, 0.29) is 16.8 Å². The van der Waals surface area contributed by atoms with E-state index in [2.05, 4.69) is 10.2 Å². The lowest BCUT2D eigenvalue weighted by Gasteiger charge is -2.17. The van der Waals surface area contributed by atoms with Gasteiger partial charge in [-0.3, -0.25) is 4.79 Å². The van der Waals surface area contributed by atoms with E-state index in [1.165, 1.54) is 0 Å². The Balaban J connectivity index is 1.99. The maximum atomic E-state index is 14.1. The van der Waals surface area contributed by atoms with Crippen LogP contribution in [0.3, 0.4) is 0 Å². The molecule has 0 bridgehead atoms. The first kappa shape index (κ1) is 31.3. The highest BCUT2D eigenvalue weighted by molar-refractivity contribution is 6.05. The SMILES string of the molecule is O=C(Nc1ccc(-n2nc(C(F)(F)F)cc2C(F)(F)F)cc1-n1nc(C(F)(F)F)cc1C(F)(F)F)c1ccc(F)cc1F. The third-order valence-electron chi connectivity index (χ3n) is 5.46. The Morgan fingerprint density at radius 1 is 0.628 bits per heavy atom. The summed E-state index contributed by atoms with van der Waals surface area (Å²) < 4.78 is 188. The van der Waals surface area contributed by atoms with E-state index >= 15 is 0 Å². The standard InChI is InChI=1S/C23H9F14N5O/c24-9-1-3-11(12(25)5-9)19(43)38-13-4-2-10(41-17(22(32,33)34)7-15(39-41)20(26,27)28)6-14(13)42-18(23(35,36)37)8-16(40-42)21(29,30)31/h1-8H,(H,38,43). The van der Waals surface area contributed by atoms with Gasteiger partial charge in [-0.15, -0.1) is 0 Å². The summed E-state index contributed by atoms with van der Waals surface area (Å²) in [5.41, 5.74) is -12.7. The van der Waals surface area contributed by atoms with Crippen molar-refractivity contribution >= 4 is 11.6 Å². The van der Waals surface area contributed by atoms with Crippen LogP contribution in [0, 0.1) is 11.6 Å². The van der Waals surface area contributed by atoms with Gasteiger partial charge in [-0.1, -0.05) is 0 Å². The van der Waals surface area contributed by atoms with E-state index in [1.54, 1.807) is 0 Å². The third kappa shape index (κ3) is 6.41. The number of amides is 1. The molecule has 0 radical (unpaired) electrons. The van der Waals surface area contributed by atoms with Crippen LogP contribution >= 0.6 is 0 Å². The fourth-order valence-corrected chi connectivity index (χ4v) is 3.62. The average molecular weight is 637 g/mol. The molecule has 1 amide bonds. The number of benzene rings is 2. The number of hydrogen-bond acceptors (Lipinski definition) is 3. The van der Waals surface area contributed by atoms with Crippen LogP contribution in [0.4, 0.5) is 67.2 Å². The third-order valence-corrected chi connectivity index (χ3v) is 5.46. The second kappa shape index (κ2) is 10.3. The Labute approximate surface area is 228 Å². The second-order valence-electron chi connectivity index (χ2n) is 8.42. The van der Waals surface area contributed by atoms with Gasteiger partial charge in [0.1, 0.15) is 23.0 Å². The lowest BCUT2D eigenvalue weighted by molar-refractivity contribution is -0.145. The predicted molar refractivity (Wildman–Crippen MR) is 115 cm³/mol. The highest BCUT2D eigenvalue weighted by Crippen LogP contribution is 2.40. The van der Waals surface area contributed by atoms with Crippen LogP contribution in [0.5, 0.6) is 0 Å². The molecule has 0 spiro atoms. The number of halogens is 14. The van der Waals surface area contributed by atoms with E-state index in [1.807, 2.05) is 5.32 Å². The van der Waals surface area contributed by atoms with Gasteiger partial charge >= 0.3 is 24.7 Å². The molecule has 0 aliphatic heterocycles. The molecule has 20 heteroatoms. The Hall–Kier alpha value is -4.65. The molecule has 4 rings (SSSR count). The topological polar surface area (TPSA) is 64.7 Å². The number of alkyl halides is 12. The maximum absolute atomic E-state index is 14.1. The zero-order valence-corrected chi connectivity index (χ0v) is 20.1. The molecular weight excluding hydrogens is 628 g/mol. The highest BCUT2D eigenvalue weighted by atomic mass is 19.4. The molecule has 43 heavy (non-hydrogen) atoms. The van der Waals surface area contributed by atoms with Crippen LogP contribution in [0.2, 0.25) is 0 Å². The average Bonchev–Trinajstić information content (AvgIpc) is 3.50. The van der Waals surface area contributed by atoms with Crippen LogP contribution in [0.15, 0.2) is 48.5 Å². The van der Waals surface area contributed by atoms with Gasteiger partial charge in [0.2, 0.25) is 0 Å². The van der Waals surface area contributed by atoms with Crippen molar-refractivity contribution in [2.24, 2.45) is 0 Å². The molecule has 2 aromatic heterocycles. The number of aromatic nitrogens is 4. The van der Waals surface area contributed by atoms with E-state index in [0.717, 1.165) is 0 Å². The van der Waals surface area contributed by atoms with E-state index < -0.39 is 104 Å². The Morgan fingerprint density at radius 3 is 1.63 bits per heavy atom. The summed E-state index contributed by atoms with van der Waals surface area (Å²) in [5, 5.41) is 7.42. The minimum Gasteiger partial charge on any atom is -0.320 e. The van der Waals surface area contributed by atoms with Crippen LogP contribution in [-0.4, -0.2) is 25.5 Å². The van der Waals surface area contributed by atoms with Crippen molar-refractivity contribution in [3.05, 3.63) is 88.5 Å². The largest absolute Gasteiger partial charge is 0.435 e. The summed E-state index contributed by atoms with van der Waals surface area (Å²) >= 11 is 0. The molecule has 0 aliphatic rings. The van der Waals surface area contributed by atoms with Crippen molar-refractivity contribution in [2.75, 3.05) is 5.32 Å². The second-order valence-corrected chi connectivity index (χ2v) is 8.42. The van der Waals surface area contributed by atoms with Gasteiger partial charge in [0.25, 0.3) is 5.91 Å². The lowest BCUT2D eigenvalue weighted by atomic mass is 10.1. The molecule has 1 N–H and O–H groups in total. The molecule has 0 saturated heterocycles. The zero-order valence-electron chi connectivity index (χ0n) is 20.1. The smallest absolute Gasteiger partial charge is 0.320 e. The Morgan fingerprint density at radius 2 is 1.14 bits per heavy atom. The molecule has 6 nitrogen and oxygen atoms in total. The van der Waals surface area contributed by atoms with Crippen LogP contribution in [-0.2, 0) is 24.7 Å². The summed E-state index contributed by atoms with van der Waals surface area (Å²) in [6.45, 7) is 0. The molecule has 0 saturated carbocycles. The van der Waals surface area contributed by atoms with Crippen LogP contribution in [0.1, 0.15) is 33.1 Å².